The first-order valence-electron chi connectivity index (χ1n) is 19.7. The maximum absolute atomic E-state index is 12.5. The van der Waals surface area contributed by atoms with Gasteiger partial charge in [-0.25, -0.2) is 0 Å². The third-order valence-corrected chi connectivity index (χ3v) is 9.05. The first-order valence-corrected chi connectivity index (χ1v) is 19.7. The lowest BCUT2D eigenvalue weighted by Gasteiger charge is -2.24. The highest BCUT2D eigenvalue weighted by Gasteiger charge is 2.28. The van der Waals surface area contributed by atoms with Gasteiger partial charge in [0.05, 0.1) is 6.61 Å². The molecule has 0 aliphatic rings. The molecule has 0 bridgehead atoms. The van der Waals surface area contributed by atoms with Gasteiger partial charge in [-0.1, -0.05) is 181 Å². The molecule has 0 aromatic heterocycles. The number of hydrogen-bond acceptors (Lipinski definition) is 4. The fraction of sp³-hybridized carbons (Fsp3) is 0.974. The molecule has 0 saturated heterocycles. The molecule has 258 valence electrons. The Kier molecular flexibility index (Phi) is 33.8. The molecule has 0 unspecified atom stereocenters. The van der Waals surface area contributed by atoms with Crippen LogP contribution in [0.2, 0.25) is 0 Å². The van der Waals surface area contributed by atoms with Gasteiger partial charge in [-0.2, -0.15) is 0 Å². The second kappa shape index (κ2) is 34.3. The minimum Gasteiger partial charge on any atom is -0.464 e. The van der Waals surface area contributed by atoms with Gasteiger partial charge in [-0.3, -0.25) is 4.79 Å². The van der Waals surface area contributed by atoms with Crippen LogP contribution < -0.4 is 10.6 Å². The van der Waals surface area contributed by atoms with Crippen LogP contribution >= 0.6 is 0 Å². The van der Waals surface area contributed by atoms with E-state index in [1.54, 1.807) is 0 Å². The van der Waals surface area contributed by atoms with Gasteiger partial charge in [-0.05, 0) is 52.7 Å². The maximum Gasteiger partial charge on any atom is 0.325 e. The van der Waals surface area contributed by atoms with E-state index in [0.29, 0.717) is 6.61 Å². The number of hydrogen-bond donors (Lipinski definition) is 2. The lowest BCUT2D eigenvalue weighted by atomic mass is 10.0. The van der Waals surface area contributed by atoms with Crippen molar-refractivity contribution >= 4 is 5.97 Å². The van der Waals surface area contributed by atoms with Gasteiger partial charge in [0.15, 0.2) is 0 Å². The third kappa shape index (κ3) is 32.6. The second-order valence-corrected chi connectivity index (χ2v) is 14.0. The molecule has 0 heterocycles. The number of esters is 1. The molecule has 0 aliphatic carbocycles. The summed E-state index contributed by atoms with van der Waals surface area (Å²) >= 11 is 0. The normalized spacial score (nSPS) is 11.8. The Morgan fingerprint density at radius 3 is 1.16 bits per heavy atom. The largest absolute Gasteiger partial charge is 0.464 e. The zero-order valence-corrected chi connectivity index (χ0v) is 30.2. The molecular formula is C39H80N2O2. The van der Waals surface area contributed by atoms with Crippen molar-refractivity contribution in [2.45, 2.75) is 219 Å². The zero-order chi connectivity index (χ0) is 31.5. The zero-order valence-electron chi connectivity index (χ0n) is 30.2. The molecule has 2 N–H and O–H groups in total. The van der Waals surface area contributed by atoms with E-state index in [-0.39, 0.29) is 5.97 Å². The maximum atomic E-state index is 12.5. The van der Waals surface area contributed by atoms with E-state index in [0.717, 1.165) is 32.5 Å². The van der Waals surface area contributed by atoms with Crippen molar-refractivity contribution in [3.05, 3.63) is 0 Å². The number of unbranched alkanes of at least 4 members (excludes halogenated alkanes) is 26. The van der Waals surface area contributed by atoms with Gasteiger partial charge in [0.25, 0.3) is 0 Å². The number of carbonyl (C=O) groups excluding carboxylic acids is 1. The van der Waals surface area contributed by atoms with Crippen LogP contribution in [0.5, 0.6) is 0 Å². The molecule has 0 fully saturated rings. The summed E-state index contributed by atoms with van der Waals surface area (Å²) < 4.78 is 5.58. The summed E-state index contributed by atoms with van der Waals surface area (Å²) in [4.78, 5) is 12.5. The topological polar surface area (TPSA) is 50.4 Å². The van der Waals surface area contributed by atoms with E-state index >= 15 is 0 Å². The summed E-state index contributed by atoms with van der Waals surface area (Å²) in [5.74, 6) is -0.114. The van der Waals surface area contributed by atoms with Crippen LogP contribution in [0, 0.1) is 0 Å². The van der Waals surface area contributed by atoms with Crippen molar-refractivity contribution in [3.63, 3.8) is 0 Å². The number of ether oxygens (including phenoxy) is 1. The Bertz CT molecular complexity index is 551. The van der Waals surface area contributed by atoms with E-state index in [1.807, 2.05) is 13.8 Å². The highest BCUT2D eigenvalue weighted by atomic mass is 16.5. The fourth-order valence-electron chi connectivity index (χ4n) is 5.90. The van der Waals surface area contributed by atoms with Gasteiger partial charge in [0, 0.05) is 0 Å². The molecule has 0 amide bonds. The van der Waals surface area contributed by atoms with Crippen LogP contribution in [0.25, 0.3) is 0 Å². The molecule has 0 spiro atoms. The summed E-state index contributed by atoms with van der Waals surface area (Å²) in [6.07, 6.45) is 39.6. The van der Waals surface area contributed by atoms with Gasteiger partial charge in [0.1, 0.15) is 5.54 Å². The van der Waals surface area contributed by atoms with Gasteiger partial charge in [-0.15, -0.1) is 0 Å². The summed E-state index contributed by atoms with van der Waals surface area (Å²) in [6, 6.07) is 0. The molecule has 0 saturated carbocycles. The average molecular weight is 609 g/mol. The van der Waals surface area contributed by atoms with Gasteiger partial charge in [0.2, 0.25) is 0 Å². The van der Waals surface area contributed by atoms with Crippen molar-refractivity contribution < 1.29 is 9.53 Å². The number of carbonyl (C=O) groups is 1. The first-order chi connectivity index (χ1) is 21.0. The van der Waals surface area contributed by atoms with E-state index in [4.69, 9.17) is 4.74 Å². The fourth-order valence-corrected chi connectivity index (χ4v) is 5.90. The molecule has 0 rings (SSSR count). The summed E-state index contributed by atoms with van der Waals surface area (Å²) in [7, 11) is 0. The molecule has 0 aliphatic heterocycles. The van der Waals surface area contributed by atoms with E-state index in [1.165, 1.54) is 173 Å². The van der Waals surface area contributed by atoms with Crippen LogP contribution in [0.15, 0.2) is 0 Å². The van der Waals surface area contributed by atoms with E-state index in [9.17, 15) is 4.79 Å². The minimum absolute atomic E-state index is 0.114. The quantitative estimate of drug-likeness (QED) is 0.0549. The van der Waals surface area contributed by atoms with Crippen molar-refractivity contribution in [2.24, 2.45) is 0 Å². The monoisotopic (exact) mass is 609 g/mol. The number of nitrogens with one attached hydrogen (secondary N) is 2. The highest BCUT2D eigenvalue weighted by Crippen LogP contribution is 2.14. The summed E-state index contributed by atoms with van der Waals surface area (Å²) in [6.45, 7) is 12.0. The Labute approximate surface area is 271 Å². The number of rotatable bonds is 36. The molecule has 0 atom stereocenters. The smallest absolute Gasteiger partial charge is 0.325 e. The summed E-state index contributed by atoms with van der Waals surface area (Å²) in [5.41, 5.74) is -0.606. The average Bonchev–Trinajstić information content (AvgIpc) is 3.00. The Hall–Kier alpha value is -0.610. The van der Waals surface area contributed by atoms with E-state index in [2.05, 4.69) is 24.5 Å². The molecule has 4 nitrogen and oxygen atoms in total. The van der Waals surface area contributed by atoms with E-state index < -0.39 is 5.54 Å². The lowest BCUT2D eigenvalue weighted by molar-refractivity contribution is -0.150. The lowest BCUT2D eigenvalue weighted by Crippen LogP contribution is -2.48. The van der Waals surface area contributed by atoms with Crippen LogP contribution in [-0.2, 0) is 9.53 Å². The Balaban J connectivity index is 3.37. The molecule has 4 heteroatoms. The highest BCUT2D eigenvalue weighted by molar-refractivity contribution is 5.79. The van der Waals surface area contributed by atoms with Crippen LogP contribution in [0.4, 0.5) is 0 Å². The van der Waals surface area contributed by atoms with Crippen molar-refractivity contribution in [2.75, 3.05) is 26.2 Å². The predicted molar refractivity (Wildman–Crippen MR) is 191 cm³/mol. The molecule has 0 aromatic carbocycles. The van der Waals surface area contributed by atoms with Gasteiger partial charge < -0.3 is 15.4 Å². The minimum atomic E-state index is -0.606. The van der Waals surface area contributed by atoms with Crippen molar-refractivity contribution in [3.8, 4) is 0 Å². The molecule has 0 aromatic rings. The summed E-state index contributed by atoms with van der Waals surface area (Å²) in [5, 5.41) is 6.97. The SMILES string of the molecule is CCCCCCCCCCCCCCCCCCNCCCNC(C)(C)C(=O)OCCCCCCCCCCCCCC. The molecule has 43 heavy (non-hydrogen) atoms. The van der Waals surface area contributed by atoms with Crippen molar-refractivity contribution in [1.82, 2.24) is 10.6 Å². The van der Waals surface area contributed by atoms with Crippen LogP contribution in [0.1, 0.15) is 214 Å². The standard InChI is InChI=1S/C39H80N2O2/c1-5-7-9-11-13-15-17-19-20-21-22-23-25-27-29-31-34-40-35-33-36-41-39(3,4)38(42)43-37-32-30-28-26-24-18-16-14-12-10-8-6-2/h40-41H,5-37H2,1-4H3. The predicted octanol–water partition coefficient (Wildman–Crippen LogP) is 11.8. The van der Waals surface area contributed by atoms with Gasteiger partial charge >= 0.3 is 5.97 Å². The van der Waals surface area contributed by atoms with Crippen molar-refractivity contribution in [1.29, 1.82) is 0 Å². The molecular weight excluding hydrogens is 528 g/mol. The third-order valence-electron chi connectivity index (χ3n) is 9.05. The second-order valence-electron chi connectivity index (χ2n) is 14.0. The first kappa shape index (κ1) is 42.4. The van der Waals surface area contributed by atoms with Crippen LogP contribution in [-0.4, -0.2) is 37.7 Å². The van der Waals surface area contributed by atoms with Crippen LogP contribution in [0.3, 0.4) is 0 Å². The Morgan fingerprint density at radius 2 is 0.767 bits per heavy atom. The Morgan fingerprint density at radius 1 is 0.442 bits per heavy atom. The molecule has 0 radical (unpaired) electrons.